The summed E-state index contributed by atoms with van der Waals surface area (Å²) in [5.41, 5.74) is 5.40. The maximum Gasteiger partial charge on any atom is 0.251 e. The highest BCUT2D eigenvalue weighted by atomic mass is 16.7. The number of fused-ring (bicyclic) bond motifs is 2. The molecule has 2 amide bonds. The van der Waals surface area contributed by atoms with Crippen LogP contribution in [0.2, 0.25) is 0 Å². The van der Waals surface area contributed by atoms with Gasteiger partial charge < -0.3 is 24.7 Å². The molecule has 3 aliphatic heterocycles. The van der Waals surface area contributed by atoms with Crippen molar-refractivity contribution < 1.29 is 19.1 Å². The van der Waals surface area contributed by atoms with Crippen molar-refractivity contribution in [2.24, 2.45) is 0 Å². The summed E-state index contributed by atoms with van der Waals surface area (Å²) in [6.07, 6.45) is 4.06. The number of nitrogens with one attached hydrogen (secondary N) is 2. The molecule has 154 valence electrons. The zero-order valence-electron chi connectivity index (χ0n) is 16.3. The topological polar surface area (TPSA) is 83.1 Å². The van der Waals surface area contributed by atoms with Gasteiger partial charge in [-0.1, -0.05) is 36.4 Å². The SMILES string of the molecule is O=C(CN1C=CN2NC(c3ccc4c(c3)OCO4)CC2C1=O)NCc1ccccc1. The lowest BCUT2D eigenvalue weighted by molar-refractivity contribution is -0.138. The van der Waals surface area contributed by atoms with Gasteiger partial charge in [0.25, 0.3) is 5.91 Å². The quantitative estimate of drug-likeness (QED) is 0.786. The average molecular weight is 406 g/mol. The highest BCUT2D eigenvalue weighted by Gasteiger charge is 2.40. The normalized spacial score (nSPS) is 21.7. The van der Waals surface area contributed by atoms with Crippen LogP contribution in [0.5, 0.6) is 11.5 Å². The summed E-state index contributed by atoms with van der Waals surface area (Å²) in [5, 5.41) is 4.68. The first-order valence-corrected chi connectivity index (χ1v) is 9.91. The van der Waals surface area contributed by atoms with Crippen molar-refractivity contribution in [2.75, 3.05) is 13.3 Å². The third kappa shape index (κ3) is 3.57. The molecule has 1 saturated heterocycles. The minimum atomic E-state index is -0.354. The largest absolute Gasteiger partial charge is 0.454 e. The summed E-state index contributed by atoms with van der Waals surface area (Å²) in [4.78, 5) is 26.7. The zero-order valence-corrected chi connectivity index (χ0v) is 16.3. The number of carbonyl (C=O) groups excluding carboxylic acids is 2. The second-order valence-electron chi connectivity index (χ2n) is 7.48. The van der Waals surface area contributed by atoms with E-state index in [1.54, 1.807) is 6.20 Å². The first-order chi connectivity index (χ1) is 14.7. The molecule has 0 aliphatic carbocycles. The Hall–Kier alpha value is -3.52. The van der Waals surface area contributed by atoms with Crippen LogP contribution in [0.3, 0.4) is 0 Å². The second kappa shape index (κ2) is 7.72. The minimum Gasteiger partial charge on any atom is -0.454 e. The summed E-state index contributed by atoms with van der Waals surface area (Å²) in [6, 6.07) is 15.1. The maximum absolute atomic E-state index is 12.9. The van der Waals surface area contributed by atoms with Crippen molar-refractivity contribution in [3.8, 4) is 11.5 Å². The monoisotopic (exact) mass is 406 g/mol. The molecule has 2 unspecified atom stereocenters. The zero-order chi connectivity index (χ0) is 20.5. The Labute approximate surface area is 174 Å². The number of hydrogen-bond acceptors (Lipinski definition) is 6. The van der Waals surface area contributed by atoms with E-state index in [1.807, 2.05) is 59.7 Å². The Morgan fingerprint density at radius 3 is 2.80 bits per heavy atom. The van der Waals surface area contributed by atoms with Gasteiger partial charge in [-0.3, -0.25) is 9.59 Å². The number of carbonyl (C=O) groups is 2. The maximum atomic E-state index is 12.9. The van der Waals surface area contributed by atoms with Gasteiger partial charge in [-0.25, -0.2) is 5.43 Å². The van der Waals surface area contributed by atoms with E-state index in [-0.39, 0.29) is 37.2 Å². The van der Waals surface area contributed by atoms with Gasteiger partial charge in [-0.15, -0.1) is 0 Å². The van der Waals surface area contributed by atoms with E-state index in [0.717, 1.165) is 22.6 Å². The summed E-state index contributed by atoms with van der Waals surface area (Å²) in [7, 11) is 0. The van der Waals surface area contributed by atoms with Gasteiger partial charge in [0, 0.05) is 18.9 Å². The van der Waals surface area contributed by atoms with Gasteiger partial charge in [-0.2, -0.15) is 0 Å². The molecule has 2 aromatic rings. The van der Waals surface area contributed by atoms with Crippen LogP contribution in [-0.2, 0) is 16.1 Å². The predicted octanol–water partition coefficient (Wildman–Crippen LogP) is 1.67. The lowest BCUT2D eigenvalue weighted by Gasteiger charge is -2.31. The molecule has 0 bridgehead atoms. The highest BCUT2D eigenvalue weighted by molar-refractivity contribution is 5.89. The first kappa shape index (κ1) is 18.5. The Morgan fingerprint density at radius 1 is 1.10 bits per heavy atom. The molecule has 5 rings (SSSR count). The van der Waals surface area contributed by atoms with Crippen LogP contribution in [-0.4, -0.2) is 41.1 Å². The molecule has 2 atom stereocenters. The average Bonchev–Trinajstić information content (AvgIpc) is 3.42. The number of hydrazine groups is 1. The number of benzene rings is 2. The molecule has 3 aliphatic rings. The third-order valence-corrected chi connectivity index (χ3v) is 5.52. The molecular weight excluding hydrogens is 384 g/mol. The van der Waals surface area contributed by atoms with Gasteiger partial charge >= 0.3 is 0 Å². The van der Waals surface area contributed by atoms with Gasteiger partial charge in [-0.05, 0) is 29.7 Å². The van der Waals surface area contributed by atoms with E-state index in [1.165, 1.54) is 4.90 Å². The van der Waals surface area contributed by atoms with Crippen LogP contribution in [0.15, 0.2) is 60.9 Å². The van der Waals surface area contributed by atoms with Crippen molar-refractivity contribution in [2.45, 2.75) is 25.0 Å². The molecule has 1 fully saturated rings. The fraction of sp³-hybridized carbons (Fsp3) is 0.273. The highest BCUT2D eigenvalue weighted by Crippen LogP contribution is 2.37. The van der Waals surface area contributed by atoms with Crippen molar-refractivity contribution in [1.29, 1.82) is 0 Å². The van der Waals surface area contributed by atoms with Crippen molar-refractivity contribution in [3.05, 3.63) is 72.1 Å². The summed E-state index contributed by atoms with van der Waals surface area (Å²) >= 11 is 0. The van der Waals surface area contributed by atoms with Crippen LogP contribution >= 0.6 is 0 Å². The summed E-state index contributed by atoms with van der Waals surface area (Å²) < 4.78 is 10.8. The molecular formula is C22H22N4O4. The van der Waals surface area contributed by atoms with Crippen molar-refractivity contribution in [1.82, 2.24) is 20.7 Å². The lowest BCUT2D eigenvalue weighted by Crippen LogP contribution is -2.50. The molecule has 2 aromatic carbocycles. The smallest absolute Gasteiger partial charge is 0.251 e. The summed E-state index contributed by atoms with van der Waals surface area (Å²) in [6.45, 7) is 0.671. The molecule has 0 aromatic heterocycles. The Balaban J connectivity index is 1.20. The number of ether oxygens (including phenoxy) is 2. The van der Waals surface area contributed by atoms with Crippen LogP contribution in [0, 0.1) is 0 Å². The fourth-order valence-electron chi connectivity index (χ4n) is 3.92. The molecule has 30 heavy (non-hydrogen) atoms. The molecule has 0 saturated carbocycles. The number of nitrogens with zero attached hydrogens (tertiary/aromatic N) is 2. The molecule has 8 nitrogen and oxygen atoms in total. The summed E-state index contributed by atoms with van der Waals surface area (Å²) in [5.74, 6) is 1.17. The number of rotatable bonds is 5. The predicted molar refractivity (Wildman–Crippen MR) is 108 cm³/mol. The van der Waals surface area contributed by atoms with Gasteiger partial charge in [0.05, 0.1) is 6.04 Å². The molecule has 2 N–H and O–H groups in total. The van der Waals surface area contributed by atoms with Crippen LogP contribution in [0.1, 0.15) is 23.6 Å². The second-order valence-corrected chi connectivity index (χ2v) is 7.48. The number of amides is 2. The molecule has 8 heteroatoms. The molecule has 0 radical (unpaired) electrons. The van der Waals surface area contributed by atoms with Gasteiger partial charge in [0.2, 0.25) is 12.7 Å². The van der Waals surface area contributed by atoms with Crippen molar-refractivity contribution >= 4 is 11.8 Å². The Bertz CT molecular complexity index is 994. The van der Waals surface area contributed by atoms with Crippen LogP contribution in [0.4, 0.5) is 0 Å². The van der Waals surface area contributed by atoms with Crippen LogP contribution < -0.4 is 20.2 Å². The van der Waals surface area contributed by atoms with E-state index in [0.29, 0.717) is 13.0 Å². The van der Waals surface area contributed by atoms with E-state index in [2.05, 4.69) is 10.7 Å². The Kier molecular flexibility index (Phi) is 4.76. The Morgan fingerprint density at radius 2 is 1.93 bits per heavy atom. The van der Waals surface area contributed by atoms with E-state index >= 15 is 0 Å². The fourth-order valence-corrected chi connectivity index (χ4v) is 3.92. The van der Waals surface area contributed by atoms with Crippen molar-refractivity contribution in [3.63, 3.8) is 0 Å². The molecule has 3 heterocycles. The minimum absolute atomic E-state index is 0.00119. The van der Waals surface area contributed by atoms with E-state index in [4.69, 9.17) is 9.47 Å². The number of hydrogen-bond donors (Lipinski definition) is 2. The van der Waals surface area contributed by atoms with E-state index < -0.39 is 0 Å². The van der Waals surface area contributed by atoms with Gasteiger partial charge in [0.15, 0.2) is 11.5 Å². The third-order valence-electron chi connectivity index (χ3n) is 5.52. The standard InChI is InChI=1S/C22H22N4O4/c27-21(23-12-15-4-2-1-3-5-15)13-25-8-9-26-18(22(25)28)11-17(24-26)16-6-7-19-20(10-16)30-14-29-19/h1-10,17-18,24H,11-14H2,(H,23,27). The van der Waals surface area contributed by atoms with Crippen LogP contribution in [0.25, 0.3) is 0 Å². The first-order valence-electron chi connectivity index (χ1n) is 9.91. The lowest BCUT2D eigenvalue weighted by atomic mass is 10.0. The van der Waals surface area contributed by atoms with Gasteiger partial charge in [0.1, 0.15) is 12.6 Å². The van der Waals surface area contributed by atoms with E-state index in [9.17, 15) is 9.59 Å². The molecule has 0 spiro atoms.